The van der Waals surface area contributed by atoms with E-state index in [0.717, 1.165) is 4.57 Å². The Balaban J connectivity index is 1.59. The number of rotatable bonds is 5. The van der Waals surface area contributed by atoms with E-state index in [1.807, 2.05) is 0 Å². The molecule has 0 saturated heterocycles. The van der Waals surface area contributed by atoms with Gasteiger partial charge in [-0.1, -0.05) is 0 Å². The molecular formula is C17H15F4N5O. The number of carbonyl (C=O) groups excluding carboxylic acids is 1. The molecule has 2 amide bonds. The lowest BCUT2D eigenvalue weighted by atomic mass is 10.3. The molecule has 0 bridgehead atoms. The molecule has 6 nitrogen and oxygen atoms in total. The van der Waals surface area contributed by atoms with Gasteiger partial charge in [0.1, 0.15) is 11.3 Å². The van der Waals surface area contributed by atoms with Gasteiger partial charge in [0.05, 0.1) is 0 Å². The first-order chi connectivity index (χ1) is 12.8. The summed E-state index contributed by atoms with van der Waals surface area (Å²) in [6.07, 6.45) is -2.97. The minimum atomic E-state index is -4.60. The Morgan fingerprint density at radius 2 is 1.89 bits per heavy atom. The summed E-state index contributed by atoms with van der Waals surface area (Å²) in [7, 11) is 0. The van der Waals surface area contributed by atoms with Crippen LogP contribution in [-0.4, -0.2) is 27.1 Å². The number of hydrogen-bond acceptors (Lipinski definition) is 3. The van der Waals surface area contributed by atoms with Crippen molar-refractivity contribution in [2.75, 3.05) is 11.9 Å². The van der Waals surface area contributed by atoms with Gasteiger partial charge in [-0.3, -0.25) is 0 Å². The van der Waals surface area contributed by atoms with Crippen LogP contribution in [0.25, 0.3) is 11.2 Å². The van der Waals surface area contributed by atoms with Crippen LogP contribution in [0, 0.1) is 5.82 Å². The van der Waals surface area contributed by atoms with E-state index in [0.29, 0.717) is 5.69 Å². The first kappa shape index (κ1) is 18.6. The molecule has 2 heterocycles. The van der Waals surface area contributed by atoms with E-state index < -0.39 is 23.8 Å². The summed E-state index contributed by atoms with van der Waals surface area (Å²) in [6.45, 7) is 0.121. The number of nitrogens with zero attached hydrogens (tertiary/aromatic N) is 3. The Hall–Kier alpha value is -3.17. The maximum absolute atomic E-state index is 13.2. The molecule has 3 rings (SSSR count). The smallest absolute Gasteiger partial charge is 0.338 e. The van der Waals surface area contributed by atoms with Gasteiger partial charge < -0.3 is 15.2 Å². The van der Waals surface area contributed by atoms with Crippen molar-refractivity contribution in [3.63, 3.8) is 0 Å². The molecular weight excluding hydrogens is 366 g/mol. The fourth-order valence-corrected chi connectivity index (χ4v) is 2.53. The van der Waals surface area contributed by atoms with Gasteiger partial charge >= 0.3 is 12.2 Å². The number of imidazole rings is 1. The fourth-order valence-electron chi connectivity index (χ4n) is 2.53. The second-order valence-corrected chi connectivity index (χ2v) is 5.67. The Morgan fingerprint density at radius 1 is 1.15 bits per heavy atom. The molecule has 2 aromatic heterocycles. The Kier molecular flexibility index (Phi) is 5.24. The van der Waals surface area contributed by atoms with Crippen molar-refractivity contribution in [3.8, 4) is 0 Å². The minimum absolute atomic E-state index is 0.0147. The Bertz CT molecular complexity index is 937. The third-order valence-electron chi connectivity index (χ3n) is 3.70. The summed E-state index contributed by atoms with van der Waals surface area (Å²) in [5, 5.41) is 5.04. The largest absolute Gasteiger partial charge is 0.449 e. The van der Waals surface area contributed by atoms with Crippen LogP contribution < -0.4 is 10.6 Å². The third-order valence-corrected chi connectivity index (χ3v) is 3.70. The van der Waals surface area contributed by atoms with E-state index in [1.54, 1.807) is 0 Å². The molecule has 0 spiro atoms. The van der Waals surface area contributed by atoms with Crippen molar-refractivity contribution in [3.05, 3.63) is 54.2 Å². The summed E-state index contributed by atoms with van der Waals surface area (Å²) < 4.78 is 53.3. The summed E-state index contributed by atoms with van der Waals surface area (Å²) in [5.41, 5.74) is 0.700. The lowest BCUT2D eigenvalue weighted by Crippen LogP contribution is -2.30. The predicted molar refractivity (Wildman–Crippen MR) is 90.6 cm³/mol. The van der Waals surface area contributed by atoms with Crippen molar-refractivity contribution < 1.29 is 22.4 Å². The second-order valence-electron chi connectivity index (χ2n) is 5.67. The highest BCUT2D eigenvalue weighted by molar-refractivity contribution is 5.89. The monoisotopic (exact) mass is 381 g/mol. The number of nitrogens with one attached hydrogen (secondary N) is 2. The number of hydrogen-bond donors (Lipinski definition) is 2. The van der Waals surface area contributed by atoms with Crippen LogP contribution in [0.1, 0.15) is 12.2 Å². The van der Waals surface area contributed by atoms with Crippen LogP contribution in [0.15, 0.2) is 42.6 Å². The van der Waals surface area contributed by atoms with Crippen LogP contribution in [0.5, 0.6) is 0 Å². The molecule has 1 aromatic carbocycles. The van der Waals surface area contributed by atoms with E-state index in [-0.39, 0.29) is 30.7 Å². The van der Waals surface area contributed by atoms with E-state index in [4.69, 9.17) is 0 Å². The molecule has 10 heteroatoms. The zero-order valence-corrected chi connectivity index (χ0v) is 13.9. The van der Waals surface area contributed by atoms with Gasteiger partial charge in [-0.2, -0.15) is 13.2 Å². The summed E-state index contributed by atoms with van der Waals surface area (Å²) in [6, 6.07) is 7.63. The van der Waals surface area contributed by atoms with Gasteiger partial charge in [0, 0.05) is 25.0 Å². The number of aromatic nitrogens is 3. The van der Waals surface area contributed by atoms with Crippen LogP contribution in [0.4, 0.5) is 28.0 Å². The van der Waals surface area contributed by atoms with Crippen molar-refractivity contribution in [2.24, 2.45) is 0 Å². The number of anilines is 1. The highest BCUT2D eigenvalue weighted by atomic mass is 19.4. The zero-order chi connectivity index (χ0) is 19.4. The van der Waals surface area contributed by atoms with Gasteiger partial charge in [-0.15, -0.1) is 0 Å². The third kappa shape index (κ3) is 4.52. The molecule has 27 heavy (non-hydrogen) atoms. The first-order valence-corrected chi connectivity index (χ1v) is 8.03. The lowest BCUT2D eigenvalue weighted by Gasteiger charge is -2.11. The van der Waals surface area contributed by atoms with Crippen molar-refractivity contribution in [2.45, 2.75) is 19.1 Å². The van der Waals surface area contributed by atoms with E-state index in [1.165, 1.54) is 42.6 Å². The molecule has 0 unspecified atom stereocenters. The highest BCUT2D eigenvalue weighted by Crippen LogP contribution is 2.30. The fraction of sp³-hybridized carbons (Fsp3) is 0.235. The number of carbonyl (C=O) groups is 1. The first-order valence-electron chi connectivity index (χ1n) is 8.03. The lowest BCUT2D eigenvalue weighted by molar-refractivity contribution is -0.147. The number of pyridine rings is 1. The Labute approximate surface area is 151 Å². The molecule has 0 fully saturated rings. The molecule has 2 N–H and O–H groups in total. The predicted octanol–water partition coefficient (Wildman–Crippen LogP) is 3.80. The van der Waals surface area contributed by atoms with Crippen LogP contribution >= 0.6 is 0 Å². The summed E-state index contributed by atoms with van der Waals surface area (Å²) in [5.74, 6) is -1.45. The number of urea groups is 1. The van der Waals surface area contributed by atoms with Gasteiger partial charge in [0.25, 0.3) is 0 Å². The van der Waals surface area contributed by atoms with Gasteiger partial charge in [0.2, 0.25) is 5.82 Å². The summed E-state index contributed by atoms with van der Waals surface area (Å²) in [4.78, 5) is 19.3. The number of aryl methyl sites for hydroxylation is 1. The molecule has 0 aliphatic heterocycles. The van der Waals surface area contributed by atoms with Crippen LogP contribution in [0.3, 0.4) is 0 Å². The Morgan fingerprint density at radius 3 is 2.59 bits per heavy atom. The second kappa shape index (κ2) is 7.60. The van der Waals surface area contributed by atoms with Crippen LogP contribution in [-0.2, 0) is 12.7 Å². The van der Waals surface area contributed by atoms with Gasteiger partial charge in [0.15, 0.2) is 5.65 Å². The highest BCUT2D eigenvalue weighted by Gasteiger charge is 2.37. The standard InChI is InChI=1S/C17H15F4N5O/c18-11-4-6-12(7-5-11)24-16(27)23-9-2-10-26-14-13(3-1-8-22-14)25-15(26)17(19,20)21/h1,3-8H,2,9-10H2,(H2,23,24,27). The number of benzene rings is 1. The molecule has 3 aromatic rings. The average molecular weight is 381 g/mol. The molecule has 0 aliphatic carbocycles. The minimum Gasteiger partial charge on any atom is -0.338 e. The van der Waals surface area contributed by atoms with E-state index in [9.17, 15) is 22.4 Å². The van der Waals surface area contributed by atoms with E-state index in [2.05, 4.69) is 20.6 Å². The number of amides is 2. The zero-order valence-electron chi connectivity index (χ0n) is 13.9. The van der Waals surface area contributed by atoms with E-state index >= 15 is 0 Å². The normalized spacial score (nSPS) is 11.6. The van der Waals surface area contributed by atoms with Gasteiger partial charge in [-0.25, -0.2) is 19.2 Å². The molecule has 0 atom stereocenters. The van der Waals surface area contributed by atoms with Crippen LogP contribution in [0.2, 0.25) is 0 Å². The molecule has 0 radical (unpaired) electrons. The maximum Gasteiger partial charge on any atom is 0.449 e. The summed E-state index contributed by atoms with van der Waals surface area (Å²) >= 11 is 0. The molecule has 0 aliphatic rings. The molecule has 142 valence electrons. The number of halogens is 4. The van der Waals surface area contributed by atoms with Crippen molar-refractivity contribution in [1.29, 1.82) is 0 Å². The number of alkyl halides is 3. The van der Waals surface area contributed by atoms with Crippen molar-refractivity contribution >= 4 is 22.9 Å². The average Bonchev–Trinajstić information content (AvgIpc) is 3.00. The maximum atomic E-state index is 13.2. The van der Waals surface area contributed by atoms with Gasteiger partial charge in [-0.05, 0) is 42.8 Å². The quantitative estimate of drug-likeness (QED) is 0.522. The number of fused-ring (bicyclic) bond motifs is 1. The SMILES string of the molecule is O=C(NCCCn1c(C(F)(F)F)nc2cccnc21)Nc1ccc(F)cc1. The van der Waals surface area contributed by atoms with Crippen molar-refractivity contribution in [1.82, 2.24) is 19.9 Å². The topological polar surface area (TPSA) is 71.8 Å². The molecule has 0 saturated carbocycles.